The summed E-state index contributed by atoms with van der Waals surface area (Å²) in [5.74, 6) is -2.62. The van der Waals surface area contributed by atoms with E-state index in [4.69, 9.17) is 22.1 Å². The van der Waals surface area contributed by atoms with Crippen molar-refractivity contribution in [1.29, 1.82) is 5.26 Å². The standard InChI is InChI=1S/C24H14ClN3O4/c1-2-10-28-16-9-5-8-15(25)17(16)24(23(28)31)14(11-26)22(27)32-21-18(24)19(29)12-6-3-4-7-13(12)20(21)30/h2-9H,1,10,27H2/t24-/m0/s1. The summed E-state index contributed by atoms with van der Waals surface area (Å²) in [6.07, 6.45) is 1.51. The van der Waals surface area contributed by atoms with Crippen LogP contribution in [-0.4, -0.2) is 24.0 Å². The van der Waals surface area contributed by atoms with Crippen molar-refractivity contribution in [1.82, 2.24) is 0 Å². The second-order valence-corrected chi connectivity index (χ2v) is 7.86. The first-order chi connectivity index (χ1) is 15.4. The molecule has 2 heterocycles. The van der Waals surface area contributed by atoms with Gasteiger partial charge < -0.3 is 15.4 Å². The number of hydrogen-bond donors (Lipinski definition) is 1. The molecule has 5 rings (SSSR count). The van der Waals surface area contributed by atoms with Crippen LogP contribution >= 0.6 is 11.6 Å². The molecule has 0 radical (unpaired) electrons. The molecule has 0 saturated carbocycles. The molecule has 7 nitrogen and oxygen atoms in total. The molecule has 0 unspecified atom stereocenters. The number of benzene rings is 2. The minimum Gasteiger partial charge on any atom is -0.436 e. The van der Waals surface area contributed by atoms with Gasteiger partial charge in [0.05, 0.1) is 11.3 Å². The van der Waals surface area contributed by atoms with E-state index >= 15 is 0 Å². The number of amides is 1. The lowest BCUT2D eigenvalue weighted by Crippen LogP contribution is -2.50. The lowest BCUT2D eigenvalue weighted by Gasteiger charge is -2.37. The Kier molecular flexibility index (Phi) is 4.13. The average molecular weight is 444 g/mol. The zero-order valence-electron chi connectivity index (χ0n) is 16.5. The Morgan fingerprint density at radius 1 is 1.12 bits per heavy atom. The summed E-state index contributed by atoms with van der Waals surface area (Å²) in [5.41, 5.74) is 4.37. The normalized spacial score (nSPS) is 21.2. The number of carbonyl (C=O) groups is 3. The van der Waals surface area contributed by atoms with Crippen LogP contribution in [0, 0.1) is 11.3 Å². The highest BCUT2D eigenvalue weighted by Crippen LogP contribution is 2.57. The molecule has 0 fully saturated rings. The monoisotopic (exact) mass is 443 g/mol. The first-order valence-corrected chi connectivity index (χ1v) is 10.0. The van der Waals surface area contributed by atoms with E-state index in [0.717, 1.165) is 0 Å². The van der Waals surface area contributed by atoms with Crippen LogP contribution in [0.4, 0.5) is 5.69 Å². The molecule has 0 saturated heterocycles. The van der Waals surface area contributed by atoms with Crippen LogP contribution in [0.25, 0.3) is 0 Å². The van der Waals surface area contributed by atoms with Crippen molar-refractivity contribution in [3.05, 3.63) is 99.6 Å². The van der Waals surface area contributed by atoms with Gasteiger partial charge in [0.2, 0.25) is 17.6 Å². The first-order valence-electron chi connectivity index (χ1n) is 9.62. The quantitative estimate of drug-likeness (QED) is 0.713. The summed E-state index contributed by atoms with van der Waals surface area (Å²) in [6, 6.07) is 13.0. The average Bonchev–Trinajstić information content (AvgIpc) is 3.02. The molecular formula is C24H14ClN3O4. The molecule has 32 heavy (non-hydrogen) atoms. The fourth-order valence-electron chi connectivity index (χ4n) is 4.70. The minimum atomic E-state index is -2.01. The summed E-state index contributed by atoms with van der Waals surface area (Å²) in [5, 5.41) is 10.2. The largest absolute Gasteiger partial charge is 0.436 e. The number of ether oxygens (including phenoxy) is 1. The van der Waals surface area contributed by atoms with Crippen molar-refractivity contribution in [2.24, 2.45) is 5.73 Å². The van der Waals surface area contributed by atoms with Crippen LogP contribution in [0.2, 0.25) is 5.02 Å². The summed E-state index contributed by atoms with van der Waals surface area (Å²) in [6.45, 7) is 3.79. The molecule has 0 aromatic heterocycles. The van der Waals surface area contributed by atoms with Gasteiger partial charge in [-0.3, -0.25) is 14.4 Å². The van der Waals surface area contributed by atoms with Crippen molar-refractivity contribution >= 4 is 34.8 Å². The highest BCUT2D eigenvalue weighted by atomic mass is 35.5. The van der Waals surface area contributed by atoms with Crippen LogP contribution in [0.1, 0.15) is 26.3 Å². The number of fused-ring (bicyclic) bond motifs is 4. The van der Waals surface area contributed by atoms with E-state index in [0.29, 0.717) is 5.69 Å². The van der Waals surface area contributed by atoms with Gasteiger partial charge >= 0.3 is 0 Å². The van der Waals surface area contributed by atoms with Gasteiger partial charge in [0.15, 0.2) is 17.0 Å². The van der Waals surface area contributed by atoms with Gasteiger partial charge in [-0.05, 0) is 12.1 Å². The van der Waals surface area contributed by atoms with Crippen molar-refractivity contribution in [2.75, 3.05) is 11.4 Å². The van der Waals surface area contributed by atoms with E-state index in [1.165, 1.54) is 23.1 Å². The van der Waals surface area contributed by atoms with Crippen LogP contribution in [0.5, 0.6) is 0 Å². The number of ketones is 2. The number of allylic oxidation sites excluding steroid dienone is 1. The van der Waals surface area contributed by atoms with Crippen molar-refractivity contribution < 1.29 is 19.1 Å². The predicted octanol–water partition coefficient (Wildman–Crippen LogP) is 3.17. The SMILES string of the molecule is C=CCN1C(=O)[C@@]2(C(C#N)=C(N)OC3=C2C(=O)c2ccccc2C3=O)c2c(Cl)cccc21. The van der Waals surface area contributed by atoms with Crippen molar-refractivity contribution in [2.45, 2.75) is 5.41 Å². The Balaban J connectivity index is 1.95. The first kappa shape index (κ1) is 19.8. The molecule has 1 atom stereocenters. The molecule has 2 aliphatic heterocycles. The molecule has 1 spiro atoms. The van der Waals surface area contributed by atoms with E-state index in [-0.39, 0.29) is 45.2 Å². The highest BCUT2D eigenvalue weighted by molar-refractivity contribution is 6.36. The van der Waals surface area contributed by atoms with Gasteiger partial charge in [0.25, 0.3) is 0 Å². The molecule has 1 aliphatic carbocycles. The molecule has 1 amide bonds. The lowest BCUT2D eigenvalue weighted by atomic mass is 9.64. The van der Waals surface area contributed by atoms with Crippen LogP contribution < -0.4 is 10.6 Å². The maximum atomic E-state index is 14.0. The molecule has 8 heteroatoms. The van der Waals surface area contributed by atoms with Gasteiger partial charge in [0.1, 0.15) is 11.6 Å². The molecule has 2 aromatic rings. The number of Topliss-reactive ketones (excluding diaryl/α,β-unsaturated/α-hetero) is 2. The van der Waals surface area contributed by atoms with Gasteiger partial charge in [-0.15, -0.1) is 6.58 Å². The zero-order chi connectivity index (χ0) is 22.8. The van der Waals surface area contributed by atoms with Crippen molar-refractivity contribution in [3.63, 3.8) is 0 Å². The number of halogens is 1. The van der Waals surface area contributed by atoms with E-state index < -0.39 is 28.8 Å². The van der Waals surface area contributed by atoms with Crippen LogP contribution in [0.3, 0.4) is 0 Å². The number of nitrogens with two attached hydrogens (primary N) is 1. The number of rotatable bonds is 2. The Bertz CT molecular complexity index is 1400. The Hall–Kier alpha value is -4.15. The van der Waals surface area contributed by atoms with Gasteiger partial charge in [0, 0.05) is 28.3 Å². The minimum absolute atomic E-state index is 0.0920. The van der Waals surface area contributed by atoms with E-state index in [9.17, 15) is 19.6 Å². The van der Waals surface area contributed by atoms with E-state index in [2.05, 4.69) is 6.58 Å². The predicted molar refractivity (Wildman–Crippen MR) is 116 cm³/mol. The second-order valence-electron chi connectivity index (χ2n) is 7.45. The second kappa shape index (κ2) is 6.67. The molecule has 2 N–H and O–H groups in total. The number of nitrogens with zero attached hydrogens (tertiary/aromatic N) is 2. The van der Waals surface area contributed by atoms with E-state index in [1.54, 1.807) is 30.3 Å². The fraction of sp³-hybridized carbons (Fsp3) is 0.0833. The number of anilines is 1. The Morgan fingerprint density at radius 2 is 1.81 bits per heavy atom. The zero-order valence-corrected chi connectivity index (χ0v) is 17.3. The Morgan fingerprint density at radius 3 is 2.47 bits per heavy atom. The van der Waals surface area contributed by atoms with Gasteiger partial charge in [-0.2, -0.15) is 5.26 Å². The number of carbonyl (C=O) groups excluding carboxylic acids is 3. The maximum absolute atomic E-state index is 14.0. The summed E-state index contributed by atoms with van der Waals surface area (Å²) >= 11 is 6.57. The molecule has 156 valence electrons. The van der Waals surface area contributed by atoms with Crippen molar-refractivity contribution in [3.8, 4) is 6.07 Å². The topological polar surface area (TPSA) is 113 Å². The van der Waals surface area contributed by atoms with E-state index in [1.807, 2.05) is 6.07 Å². The highest BCUT2D eigenvalue weighted by Gasteiger charge is 2.64. The molecule has 2 aromatic carbocycles. The lowest BCUT2D eigenvalue weighted by molar-refractivity contribution is -0.121. The summed E-state index contributed by atoms with van der Waals surface area (Å²) < 4.78 is 5.53. The van der Waals surface area contributed by atoms with Crippen LogP contribution in [0.15, 0.2) is 77.9 Å². The molecule has 0 bridgehead atoms. The number of nitriles is 1. The van der Waals surface area contributed by atoms with Gasteiger partial charge in [-0.25, -0.2) is 0 Å². The smallest absolute Gasteiger partial charge is 0.248 e. The third kappa shape index (κ3) is 2.17. The number of hydrogen-bond acceptors (Lipinski definition) is 6. The maximum Gasteiger partial charge on any atom is 0.248 e. The van der Waals surface area contributed by atoms with Crippen LogP contribution in [-0.2, 0) is 14.9 Å². The summed E-state index contributed by atoms with van der Waals surface area (Å²) in [4.78, 5) is 42.5. The third-order valence-corrected chi connectivity index (χ3v) is 6.25. The van der Waals surface area contributed by atoms with Gasteiger partial charge in [-0.1, -0.05) is 48.0 Å². The Labute approximate surface area is 187 Å². The molecular weight excluding hydrogens is 430 g/mol. The summed E-state index contributed by atoms with van der Waals surface area (Å²) in [7, 11) is 0. The third-order valence-electron chi connectivity index (χ3n) is 5.93. The molecule has 3 aliphatic rings. The fourth-order valence-corrected chi connectivity index (χ4v) is 5.01.